The fourth-order valence-corrected chi connectivity index (χ4v) is 3.80. The monoisotopic (exact) mass is 316 g/mol. The number of likely N-dealkylation sites (N-methyl/N-ethyl adjacent to an activating group) is 1. The van der Waals surface area contributed by atoms with Gasteiger partial charge in [-0.3, -0.25) is 9.80 Å². The van der Waals surface area contributed by atoms with Crippen molar-refractivity contribution in [2.45, 2.75) is 24.9 Å². The van der Waals surface area contributed by atoms with E-state index in [1.807, 2.05) is 12.1 Å². The molecule has 2 aliphatic heterocycles. The maximum Gasteiger partial charge on any atom is 0.151 e. The lowest BCUT2D eigenvalue weighted by Crippen LogP contribution is -2.57. The largest absolute Gasteiger partial charge is 0.399 e. The summed E-state index contributed by atoms with van der Waals surface area (Å²) in [5.74, 6) is 0.564. The minimum atomic E-state index is -0.0505. The van der Waals surface area contributed by atoms with Crippen LogP contribution in [0.15, 0.2) is 24.3 Å². The van der Waals surface area contributed by atoms with Crippen LogP contribution in [-0.4, -0.2) is 73.5 Å². The lowest BCUT2D eigenvalue weighted by Gasteiger charge is -2.43. The van der Waals surface area contributed by atoms with Crippen molar-refractivity contribution < 1.29 is 4.79 Å². The molecule has 2 aliphatic rings. The zero-order chi connectivity index (χ0) is 16.2. The number of carbonyl (C=O) groups is 1. The number of hydrogen-bond acceptors (Lipinski definition) is 5. The Hall–Kier alpha value is -1.43. The highest BCUT2D eigenvalue weighted by Crippen LogP contribution is 2.30. The van der Waals surface area contributed by atoms with E-state index in [9.17, 15) is 4.79 Å². The smallest absolute Gasteiger partial charge is 0.151 e. The highest BCUT2D eigenvalue weighted by molar-refractivity contribution is 5.57. The van der Waals surface area contributed by atoms with Crippen molar-refractivity contribution in [2.24, 2.45) is 0 Å². The molecule has 0 saturated carbocycles. The quantitative estimate of drug-likeness (QED) is 0.669. The van der Waals surface area contributed by atoms with Crippen LogP contribution < -0.4 is 5.73 Å². The van der Waals surface area contributed by atoms with Crippen LogP contribution in [0.5, 0.6) is 0 Å². The summed E-state index contributed by atoms with van der Waals surface area (Å²) in [6, 6.07) is 8.25. The van der Waals surface area contributed by atoms with Crippen LogP contribution in [0.4, 0.5) is 5.69 Å². The van der Waals surface area contributed by atoms with Gasteiger partial charge in [0.2, 0.25) is 0 Å². The lowest BCUT2D eigenvalue weighted by molar-refractivity contribution is -0.121. The van der Waals surface area contributed by atoms with Crippen molar-refractivity contribution in [3.63, 3.8) is 0 Å². The molecule has 0 radical (unpaired) electrons. The zero-order valence-electron chi connectivity index (χ0n) is 14.0. The Balaban J connectivity index is 1.58. The van der Waals surface area contributed by atoms with Gasteiger partial charge in [0.1, 0.15) is 6.17 Å². The van der Waals surface area contributed by atoms with Gasteiger partial charge in [0.05, 0.1) is 0 Å². The summed E-state index contributed by atoms with van der Waals surface area (Å²) in [6.45, 7) is 6.02. The van der Waals surface area contributed by atoms with E-state index in [0.29, 0.717) is 5.92 Å². The number of likely N-dealkylation sites (tertiary alicyclic amines) is 1. The van der Waals surface area contributed by atoms with Gasteiger partial charge in [-0.2, -0.15) is 0 Å². The van der Waals surface area contributed by atoms with E-state index in [1.165, 1.54) is 5.56 Å². The van der Waals surface area contributed by atoms with Crippen molar-refractivity contribution in [3.8, 4) is 0 Å². The molecule has 0 aromatic heterocycles. The Morgan fingerprint density at radius 1 is 1.09 bits per heavy atom. The molecule has 126 valence electrons. The van der Waals surface area contributed by atoms with Crippen LogP contribution in [0, 0.1) is 0 Å². The highest BCUT2D eigenvalue weighted by atomic mass is 16.1. The molecule has 3 rings (SSSR count). The van der Waals surface area contributed by atoms with Crippen LogP contribution >= 0.6 is 0 Å². The summed E-state index contributed by atoms with van der Waals surface area (Å²) in [5.41, 5.74) is 8.08. The molecule has 5 nitrogen and oxygen atoms in total. The third-order valence-electron chi connectivity index (χ3n) is 5.32. The summed E-state index contributed by atoms with van der Waals surface area (Å²) >= 11 is 0. The van der Waals surface area contributed by atoms with Gasteiger partial charge in [0.15, 0.2) is 6.29 Å². The summed E-state index contributed by atoms with van der Waals surface area (Å²) in [5, 5.41) is 0. The minimum absolute atomic E-state index is 0.0505. The van der Waals surface area contributed by atoms with Crippen LogP contribution in [0.25, 0.3) is 0 Å². The molecule has 1 aromatic carbocycles. The molecule has 0 spiro atoms. The molecule has 0 bridgehead atoms. The maximum atomic E-state index is 11.7. The molecule has 2 N–H and O–H groups in total. The number of nitrogen functional groups attached to an aromatic ring is 1. The van der Waals surface area contributed by atoms with Gasteiger partial charge >= 0.3 is 0 Å². The van der Waals surface area contributed by atoms with Gasteiger partial charge in [-0.05, 0) is 43.5 Å². The molecule has 0 aliphatic carbocycles. The highest BCUT2D eigenvalue weighted by Gasteiger charge is 2.30. The van der Waals surface area contributed by atoms with Gasteiger partial charge in [-0.25, -0.2) is 0 Å². The first-order valence-corrected chi connectivity index (χ1v) is 8.65. The van der Waals surface area contributed by atoms with Crippen LogP contribution in [0.3, 0.4) is 0 Å². The Morgan fingerprint density at radius 3 is 2.35 bits per heavy atom. The molecule has 1 unspecified atom stereocenters. The predicted molar refractivity (Wildman–Crippen MR) is 93.3 cm³/mol. The Morgan fingerprint density at radius 2 is 1.74 bits per heavy atom. The molecule has 2 saturated heterocycles. The van der Waals surface area contributed by atoms with E-state index >= 15 is 0 Å². The van der Waals surface area contributed by atoms with E-state index in [2.05, 4.69) is 33.9 Å². The first-order chi connectivity index (χ1) is 11.2. The number of benzene rings is 1. The Labute approximate surface area is 139 Å². The molecular formula is C18H28N4O. The second kappa shape index (κ2) is 7.43. The van der Waals surface area contributed by atoms with Gasteiger partial charge in [-0.1, -0.05) is 12.1 Å². The standard InChI is InChI=1S/C18H28N4O/c1-20-9-11-22(12-10-20)18(14-23)21-7-5-15(6-8-21)16-3-2-4-17(19)13-16/h2-4,13-15,18H,5-12,19H2,1H3. The van der Waals surface area contributed by atoms with E-state index in [-0.39, 0.29) is 6.17 Å². The summed E-state index contributed by atoms with van der Waals surface area (Å²) < 4.78 is 0. The van der Waals surface area contributed by atoms with Crippen molar-refractivity contribution >= 4 is 12.0 Å². The van der Waals surface area contributed by atoms with Crippen molar-refractivity contribution in [2.75, 3.05) is 52.0 Å². The number of rotatable bonds is 4. The summed E-state index contributed by atoms with van der Waals surface area (Å²) in [6.07, 6.45) is 3.28. The maximum absolute atomic E-state index is 11.7. The SMILES string of the molecule is CN1CCN(C(C=O)N2CCC(c3cccc(N)c3)CC2)CC1. The second-order valence-corrected chi connectivity index (χ2v) is 6.87. The first-order valence-electron chi connectivity index (χ1n) is 8.65. The minimum Gasteiger partial charge on any atom is -0.399 e. The van der Waals surface area contributed by atoms with Crippen molar-refractivity contribution in [1.82, 2.24) is 14.7 Å². The number of aldehydes is 1. The molecule has 1 aromatic rings. The second-order valence-electron chi connectivity index (χ2n) is 6.87. The van der Waals surface area contributed by atoms with Gasteiger partial charge in [-0.15, -0.1) is 0 Å². The number of piperidine rings is 1. The fraction of sp³-hybridized carbons (Fsp3) is 0.611. The lowest BCUT2D eigenvalue weighted by atomic mass is 9.89. The zero-order valence-corrected chi connectivity index (χ0v) is 14.0. The molecule has 23 heavy (non-hydrogen) atoms. The first kappa shape index (κ1) is 16.4. The van der Waals surface area contributed by atoms with Gasteiger partial charge < -0.3 is 15.4 Å². The number of anilines is 1. The van der Waals surface area contributed by atoms with Crippen LogP contribution in [0.1, 0.15) is 24.3 Å². The van der Waals surface area contributed by atoms with E-state index in [0.717, 1.165) is 64.1 Å². The van der Waals surface area contributed by atoms with E-state index in [1.54, 1.807) is 0 Å². The van der Waals surface area contributed by atoms with Gasteiger partial charge in [0, 0.05) is 45.0 Å². The predicted octanol–water partition coefficient (Wildman–Crippen LogP) is 1.22. The third-order valence-corrected chi connectivity index (χ3v) is 5.32. The number of piperazine rings is 1. The molecular weight excluding hydrogens is 288 g/mol. The Bertz CT molecular complexity index is 520. The Kier molecular flexibility index (Phi) is 5.30. The van der Waals surface area contributed by atoms with Crippen molar-refractivity contribution in [3.05, 3.63) is 29.8 Å². The number of nitrogens with zero attached hydrogens (tertiary/aromatic N) is 3. The average molecular weight is 316 g/mol. The molecule has 0 amide bonds. The van der Waals surface area contributed by atoms with E-state index in [4.69, 9.17) is 5.73 Å². The van der Waals surface area contributed by atoms with E-state index < -0.39 is 0 Å². The molecule has 1 atom stereocenters. The normalized spacial score (nSPS) is 23.7. The van der Waals surface area contributed by atoms with Crippen LogP contribution in [0.2, 0.25) is 0 Å². The topological polar surface area (TPSA) is 52.8 Å². The molecule has 2 heterocycles. The number of carbonyl (C=O) groups excluding carboxylic acids is 1. The van der Waals surface area contributed by atoms with Gasteiger partial charge in [0.25, 0.3) is 0 Å². The average Bonchev–Trinajstić information content (AvgIpc) is 2.58. The summed E-state index contributed by atoms with van der Waals surface area (Å²) in [7, 11) is 2.14. The molecule has 2 fully saturated rings. The number of hydrogen-bond donors (Lipinski definition) is 1. The van der Waals surface area contributed by atoms with Crippen LogP contribution in [-0.2, 0) is 4.79 Å². The number of nitrogens with two attached hydrogens (primary N) is 1. The molecule has 5 heteroatoms. The summed E-state index contributed by atoms with van der Waals surface area (Å²) in [4.78, 5) is 18.7. The fourth-order valence-electron chi connectivity index (χ4n) is 3.80. The van der Waals surface area contributed by atoms with Crippen molar-refractivity contribution in [1.29, 1.82) is 0 Å². The third kappa shape index (κ3) is 3.91.